The fourth-order valence-corrected chi connectivity index (χ4v) is 2.42. The summed E-state index contributed by atoms with van der Waals surface area (Å²) in [6.07, 6.45) is 4.04. The van der Waals surface area contributed by atoms with E-state index in [-0.39, 0.29) is 0 Å². The summed E-state index contributed by atoms with van der Waals surface area (Å²) >= 11 is 0. The molecule has 0 bridgehead atoms. The van der Waals surface area contributed by atoms with Gasteiger partial charge < -0.3 is 15.6 Å². The predicted molar refractivity (Wildman–Crippen MR) is 54.9 cm³/mol. The van der Waals surface area contributed by atoms with Crippen molar-refractivity contribution in [3.63, 3.8) is 0 Å². The van der Waals surface area contributed by atoms with Crippen LogP contribution in [0, 0.1) is 5.41 Å². The molecule has 2 aliphatic rings. The molecule has 14 heavy (non-hydrogen) atoms. The van der Waals surface area contributed by atoms with Crippen LogP contribution in [0.3, 0.4) is 0 Å². The highest BCUT2D eigenvalue weighted by Gasteiger charge is 2.54. The van der Waals surface area contributed by atoms with E-state index in [1.807, 2.05) is 0 Å². The predicted octanol–water partition coefficient (Wildman–Crippen LogP) is 1.05. The SMILES string of the molecule is CC1(C)CCC(N)(C2(O)COC2)CC1. The summed E-state index contributed by atoms with van der Waals surface area (Å²) in [5, 5.41) is 10.2. The fourth-order valence-electron chi connectivity index (χ4n) is 2.42. The van der Waals surface area contributed by atoms with Gasteiger partial charge in [0.1, 0.15) is 5.60 Å². The molecule has 2 rings (SSSR count). The monoisotopic (exact) mass is 199 g/mol. The zero-order valence-corrected chi connectivity index (χ0v) is 9.18. The summed E-state index contributed by atoms with van der Waals surface area (Å²) in [4.78, 5) is 0. The van der Waals surface area contributed by atoms with Crippen molar-refractivity contribution in [2.75, 3.05) is 13.2 Å². The van der Waals surface area contributed by atoms with Gasteiger partial charge in [0, 0.05) is 5.54 Å². The van der Waals surface area contributed by atoms with Gasteiger partial charge >= 0.3 is 0 Å². The molecule has 0 aromatic heterocycles. The number of hydrogen-bond acceptors (Lipinski definition) is 3. The van der Waals surface area contributed by atoms with E-state index in [9.17, 15) is 5.11 Å². The lowest BCUT2D eigenvalue weighted by molar-refractivity contribution is -0.222. The highest BCUT2D eigenvalue weighted by atomic mass is 16.5. The Labute approximate surface area is 85.6 Å². The highest BCUT2D eigenvalue weighted by Crippen LogP contribution is 2.45. The molecule has 0 atom stereocenters. The lowest BCUT2D eigenvalue weighted by Gasteiger charge is -2.53. The van der Waals surface area contributed by atoms with Gasteiger partial charge in [-0.25, -0.2) is 0 Å². The molecular weight excluding hydrogens is 178 g/mol. The van der Waals surface area contributed by atoms with Crippen LogP contribution in [0.15, 0.2) is 0 Å². The molecule has 0 radical (unpaired) electrons. The summed E-state index contributed by atoms with van der Waals surface area (Å²) in [5.74, 6) is 0. The van der Waals surface area contributed by atoms with Gasteiger partial charge in [-0.05, 0) is 31.1 Å². The topological polar surface area (TPSA) is 55.5 Å². The van der Waals surface area contributed by atoms with Crippen molar-refractivity contribution in [3.8, 4) is 0 Å². The second kappa shape index (κ2) is 2.94. The standard InChI is InChI=1S/C11H21NO2/c1-9(2)3-5-10(12,6-4-9)11(13)7-14-8-11/h13H,3-8,12H2,1-2H3. The Balaban J connectivity index is 2.05. The van der Waals surface area contributed by atoms with Crippen LogP contribution in [0.1, 0.15) is 39.5 Å². The molecule has 3 heteroatoms. The third-order valence-corrected chi connectivity index (χ3v) is 4.10. The van der Waals surface area contributed by atoms with E-state index in [4.69, 9.17) is 10.5 Å². The summed E-state index contributed by atoms with van der Waals surface area (Å²) in [6, 6.07) is 0. The van der Waals surface area contributed by atoms with Crippen LogP contribution in [0.2, 0.25) is 0 Å². The van der Waals surface area contributed by atoms with Gasteiger partial charge in [-0.3, -0.25) is 0 Å². The second-order valence-electron chi connectivity index (χ2n) is 5.84. The molecule has 82 valence electrons. The van der Waals surface area contributed by atoms with Crippen molar-refractivity contribution in [1.29, 1.82) is 0 Å². The molecule has 1 aliphatic heterocycles. The number of hydrogen-bond donors (Lipinski definition) is 2. The molecule has 1 aliphatic carbocycles. The molecule has 1 saturated carbocycles. The minimum absolute atomic E-state index is 0.393. The van der Waals surface area contributed by atoms with Crippen LogP contribution < -0.4 is 5.73 Å². The number of ether oxygens (including phenoxy) is 1. The third-order valence-electron chi connectivity index (χ3n) is 4.10. The maximum atomic E-state index is 10.2. The molecule has 0 spiro atoms. The van der Waals surface area contributed by atoms with Gasteiger partial charge in [-0.15, -0.1) is 0 Å². The Hall–Kier alpha value is -0.120. The first-order valence-corrected chi connectivity index (χ1v) is 5.46. The van der Waals surface area contributed by atoms with Gasteiger partial charge in [0.15, 0.2) is 0 Å². The molecule has 1 saturated heterocycles. The van der Waals surface area contributed by atoms with Gasteiger partial charge in [0.25, 0.3) is 0 Å². The Bertz CT molecular complexity index is 223. The molecule has 1 heterocycles. The van der Waals surface area contributed by atoms with E-state index >= 15 is 0 Å². The molecule has 3 nitrogen and oxygen atoms in total. The third kappa shape index (κ3) is 1.47. The Morgan fingerprint density at radius 1 is 1.07 bits per heavy atom. The molecule has 0 aromatic carbocycles. The number of nitrogens with two attached hydrogens (primary N) is 1. The Kier molecular flexibility index (Phi) is 2.18. The quantitative estimate of drug-likeness (QED) is 0.663. The van der Waals surface area contributed by atoms with Crippen LogP contribution >= 0.6 is 0 Å². The van der Waals surface area contributed by atoms with Crippen molar-refractivity contribution in [3.05, 3.63) is 0 Å². The first kappa shape index (κ1) is 10.4. The highest BCUT2D eigenvalue weighted by molar-refractivity contribution is 5.10. The van der Waals surface area contributed by atoms with E-state index < -0.39 is 11.1 Å². The zero-order chi connectivity index (χ0) is 10.4. The lowest BCUT2D eigenvalue weighted by Crippen LogP contribution is -2.71. The van der Waals surface area contributed by atoms with E-state index in [0.29, 0.717) is 18.6 Å². The molecule has 0 unspecified atom stereocenters. The molecule has 0 amide bonds. The minimum Gasteiger partial charge on any atom is -0.383 e. The lowest BCUT2D eigenvalue weighted by atomic mass is 9.63. The summed E-state index contributed by atoms with van der Waals surface area (Å²) in [5.41, 5.74) is 5.53. The smallest absolute Gasteiger partial charge is 0.129 e. The van der Waals surface area contributed by atoms with Crippen molar-refractivity contribution in [2.45, 2.75) is 50.7 Å². The number of rotatable bonds is 1. The van der Waals surface area contributed by atoms with Crippen LogP contribution in [0.4, 0.5) is 0 Å². The van der Waals surface area contributed by atoms with E-state index in [1.165, 1.54) is 0 Å². The zero-order valence-electron chi connectivity index (χ0n) is 9.18. The normalized spacial score (nSPS) is 33.4. The van der Waals surface area contributed by atoms with E-state index in [1.54, 1.807) is 0 Å². The summed E-state index contributed by atoms with van der Waals surface area (Å²) < 4.78 is 5.08. The van der Waals surface area contributed by atoms with Crippen LogP contribution in [0.25, 0.3) is 0 Å². The summed E-state index contributed by atoms with van der Waals surface area (Å²) in [6.45, 7) is 5.38. The maximum absolute atomic E-state index is 10.2. The average molecular weight is 199 g/mol. The van der Waals surface area contributed by atoms with Gasteiger partial charge in [0.2, 0.25) is 0 Å². The van der Waals surface area contributed by atoms with Crippen LogP contribution in [0.5, 0.6) is 0 Å². The van der Waals surface area contributed by atoms with Gasteiger partial charge in [0.05, 0.1) is 13.2 Å². The molecular formula is C11H21NO2. The first-order valence-electron chi connectivity index (χ1n) is 5.46. The Morgan fingerprint density at radius 3 is 1.93 bits per heavy atom. The average Bonchev–Trinajstić information content (AvgIpc) is 2.07. The van der Waals surface area contributed by atoms with Gasteiger partial charge in [-0.2, -0.15) is 0 Å². The molecule has 0 aromatic rings. The first-order chi connectivity index (χ1) is 6.37. The van der Waals surface area contributed by atoms with Crippen LogP contribution in [-0.2, 0) is 4.74 Å². The molecule has 3 N–H and O–H groups in total. The number of aliphatic hydroxyl groups is 1. The van der Waals surface area contributed by atoms with Gasteiger partial charge in [-0.1, -0.05) is 13.8 Å². The van der Waals surface area contributed by atoms with Crippen molar-refractivity contribution in [2.24, 2.45) is 11.1 Å². The molecule has 2 fully saturated rings. The van der Waals surface area contributed by atoms with Crippen molar-refractivity contribution < 1.29 is 9.84 Å². The summed E-state index contributed by atoms with van der Waals surface area (Å²) in [7, 11) is 0. The largest absolute Gasteiger partial charge is 0.383 e. The van der Waals surface area contributed by atoms with Crippen molar-refractivity contribution >= 4 is 0 Å². The fraction of sp³-hybridized carbons (Fsp3) is 1.00. The van der Waals surface area contributed by atoms with E-state index in [0.717, 1.165) is 25.7 Å². The van der Waals surface area contributed by atoms with Crippen LogP contribution in [-0.4, -0.2) is 29.5 Å². The van der Waals surface area contributed by atoms with E-state index in [2.05, 4.69) is 13.8 Å². The maximum Gasteiger partial charge on any atom is 0.129 e. The van der Waals surface area contributed by atoms with Crippen molar-refractivity contribution in [1.82, 2.24) is 0 Å². The minimum atomic E-state index is -0.747. The Morgan fingerprint density at radius 2 is 1.57 bits per heavy atom. The second-order valence-corrected chi connectivity index (χ2v) is 5.84.